The summed E-state index contributed by atoms with van der Waals surface area (Å²) in [6.07, 6.45) is 5.40. The van der Waals surface area contributed by atoms with E-state index in [1.165, 1.54) is 0 Å². The molecule has 0 aromatic carbocycles. The molecule has 0 aliphatic heterocycles. The minimum Gasteiger partial charge on any atom is -0.446 e. The second-order valence-electron chi connectivity index (χ2n) is 3.11. The van der Waals surface area contributed by atoms with Gasteiger partial charge >= 0.3 is 0 Å². The zero-order valence-electron chi connectivity index (χ0n) is 8.46. The number of nitrogens with zero attached hydrogens (tertiary/aromatic N) is 1. The molecule has 0 unspecified atom stereocenters. The number of oxazole rings is 1. The number of halogens is 1. The van der Waals surface area contributed by atoms with Crippen LogP contribution in [0.1, 0.15) is 24.5 Å². The summed E-state index contributed by atoms with van der Waals surface area (Å²) < 4.78 is 10.5. The van der Waals surface area contributed by atoms with E-state index in [1.807, 2.05) is 0 Å². The first-order valence-electron chi connectivity index (χ1n) is 4.85. The Labute approximate surface area is 89.4 Å². The lowest BCUT2D eigenvalue weighted by atomic mass is 10.3. The van der Waals surface area contributed by atoms with Crippen molar-refractivity contribution in [3.63, 3.8) is 0 Å². The van der Waals surface area contributed by atoms with E-state index < -0.39 is 0 Å². The molecular formula is C10H16ClNO2. The SMILES string of the molecule is COCCCc1cnc(CCCCl)o1. The van der Waals surface area contributed by atoms with Crippen molar-refractivity contribution in [2.75, 3.05) is 19.6 Å². The molecule has 0 amide bonds. The first-order valence-corrected chi connectivity index (χ1v) is 5.38. The lowest BCUT2D eigenvalue weighted by molar-refractivity contribution is 0.193. The van der Waals surface area contributed by atoms with Gasteiger partial charge < -0.3 is 9.15 Å². The third-order valence-electron chi connectivity index (χ3n) is 1.90. The van der Waals surface area contributed by atoms with E-state index in [1.54, 1.807) is 13.3 Å². The van der Waals surface area contributed by atoms with Gasteiger partial charge in [-0.1, -0.05) is 0 Å². The van der Waals surface area contributed by atoms with Crippen LogP contribution in [0.2, 0.25) is 0 Å². The number of aromatic nitrogens is 1. The summed E-state index contributed by atoms with van der Waals surface area (Å²) in [6.45, 7) is 0.762. The highest BCUT2D eigenvalue weighted by molar-refractivity contribution is 6.17. The van der Waals surface area contributed by atoms with Gasteiger partial charge in [0.25, 0.3) is 0 Å². The van der Waals surface area contributed by atoms with Gasteiger partial charge in [0.15, 0.2) is 5.89 Å². The minimum absolute atomic E-state index is 0.654. The Hall–Kier alpha value is -0.540. The standard InChI is InChI=1S/C10H16ClNO2/c1-13-7-3-4-9-8-12-10(14-9)5-2-6-11/h8H,2-7H2,1H3. The first-order chi connectivity index (χ1) is 6.86. The normalized spacial score (nSPS) is 10.7. The van der Waals surface area contributed by atoms with E-state index in [-0.39, 0.29) is 0 Å². The molecule has 0 saturated carbocycles. The zero-order valence-corrected chi connectivity index (χ0v) is 9.22. The monoisotopic (exact) mass is 217 g/mol. The molecule has 0 atom stereocenters. The number of hydrogen-bond acceptors (Lipinski definition) is 3. The summed E-state index contributed by atoms with van der Waals surface area (Å²) in [6, 6.07) is 0. The quantitative estimate of drug-likeness (QED) is 0.520. The molecule has 0 saturated heterocycles. The number of aryl methyl sites for hydroxylation is 2. The van der Waals surface area contributed by atoms with Crippen molar-refractivity contribution in [3.8, 4) is 0 Å². The number of methoxy groups -OCH3 is 1. The van der Waals surface area contributed by atoms with Gasteiger partial charge in [0.1, 0.15) is 5.76 Å². The van der Waals surface area contributed by atoms with Gasteiger partial charge in [0.05, 0.1) is 6.20 Å². The molecule has 0 N–H and O–H groups in total. The van der Waals surface area contributed by atoms with Crippen LogP contribution in [0, 0.1) is 0 Å². The average molecular weight is 218 g/mol. The summed E-state index contributed by atoms with van der Waals surface area (Å²) in [7, 11) is 1.70. The van der Waals surface area contributed by atoms with E-state index in [4.69, 9.17) is 20.8 Å². The van der Waals surface area contributed by atoms with Gasteiger partial charge in [0, 0.05) is 32.4 Å². The average Bonchev–Trinajstić information content (AvgIpc) is 2.63. The van der Waals surface area contributed by atoms with Crippen molar-refractivity contribution in [2.45, 2.75) is 25.7 Å². The summed E-state index contributed by atoms with van der Waals surface area (Å²) in [5.41, 5.74) is 0. The lowest BCUT2D eigenvalue weighted by Gasteiger charge is -1.95. The molecule has 0 fully saturated rings. The molecule has 14 heavy (non-hydrogen) atoms. The fourth-order valence-electron chi connectivity index (χ4n) is 1.19. The van der Waals surface area contributed by atoms with Crippen molar-refractivity contribution in [1.82, 2.24) is 4.98 Å². The van der Waals surface area contributed by atoms with Crippen molar-refractivity contribution in [1.29, 1.82) is 0 Å². The Morgan fingerprint density at radius 1 is 1.43 bits per heavy atom. The maximum absolute atomic E-state index is 5.57. The fraction of sp³-hybridized carbons (Fsp3) is 0.700. The van der Waals surface area contributed by atoms with Gasteiger partial charge in [-0.15, -0.1) is 11.6 Å². The van der Waals surface area contributed by atoms with Crippen LogP contribution in [0.3, 0.4) is 0 Å². The van der Waals surface area contributed by atoms with Gasteiger partial charge in [0.2, 0.25) is 0 Å². The Bertz CT molecular complexity index is 250. The van der Waals surface area contributed by atoms with Crippen LogP contribution in [0.5, 0.6) is 0 Å². The third-order valence-corrected chi connectivity index (χ3v) is 2.16. The molecule has 0 radical (unpaired) electrons. The molecule has 1 aromatic heterocycles. The maximum atomic E-state index is 5.57. The molecule has 0 spiro atoms. The largest absolute Gasteiger partial charge is 0.446 e. The minimum atomic E-state index is 0.654. The van der Waals surface area contributed by atoms with E-state index >= 15 is 0 Å². The number of hydrogen-bond donors (Lipinski definition) is 0. The van der Waals surface area contributed by atoms with E-state index in [0.29, 0.717) is 5.88 Å². The van der Waals surface area contributed by atoms with Crippen molar-refractivity contribution < 1.29 is 9.15 Å². The van der Waals surface area contributed by atoms with E-state index in [2.05, 4.69) is 4.98 Å². The third kappa shape index (κ3) is 4.11. The first kappa shape index (κ1) is 11.5. The predicted molar refractivity (Wildman–Crippen MR) is 55.7 cm³/mol. The second-order valence-corrected chi connectivity index (χ2v) is 3.49. The summed E-state index contributed by atoms with van der Waals surface area (Å²) in [5.74, 6) is 2.38. The highest BCUT2D eigenvalue weighted by atomic mass is 35.5. The second kappa shape index (κ2) is 6.85. The van der Waals surface area contributed by atoms with Crippen LogP contribution in [0.4, 0.5) is 0 Å². The van der Waals surface area contributed by atoms with Crippen molar-refractivity contribution >= 4 is 11.6 Å². The van der Waals surface area contributed by atoms with Crippen LogP contribution in [-0.4, -0.2) is 24.6 Å². The molecule has 80 valence electrons. The molecule has 0 aliphatic carbocycles. The Morgan fingerprint density at radius 2 is 2.29 bits per heavy atom. The van der Waals surface area contributed by atoms with Gasteiger partial charge in [-0.2, -0.15) is 0 Å². The Kier molecular flexibility index (Phi) is 5.64. The Balaban J connectivity index is 2.27. The predicted octanol–water partition coefficient (Wildman–Crippen LogP) is 2.43. The molecular weight excluding hydrogens is 202 g/mol. The van der Waals surface area contributed by atoms with E-state index in [0.717, 1.165) is 43.9 Å². The topological polar surface area (TPSA) is 35.3 Å². The number of ether oxygens (including phenoxy) is 1. The summed E-state index contributed by atoms with van der Waals surface area (Å²) >= 11 is 5.57. The van der Waals surface area contributed by atoms with Crippen molar-refractivity contribution in [3.05, 3.63) is 17.8 Å². The highest BCUT2D eigenvalue weighted by Gasteiger charge is 2.02. The van der Waals surface area contributed by atoms with Crippen LogP contribution in [0.15, 0.2) is 10.6 Å². The van der Waals surface area contributed by atoms with Crippen LogP contribution >= 0.6 is 11.6 Å². The number of rotatable bonds is 7. The summed E-state index contributed by atoms with van der Waals surface area (Å²) in [4.78, 5) is 4.17. The zero-order chi connectivity index (χ0) is 10.2. The Morgan fingerprint density at radius 3 is 3.00 bits per heavy atom. The van der Waals surface area contributed by atoms with Crippen LogP contribution in [-0.2, 0) is 17.6 Å². The van der Waals surface area contributed by atoms with Gasteiger partial charge in [-0.25, -0.2) is 4.98 Å². The number of alkyl halides is 1. The molecule has 4 heteroatoms. The van der Waals surface area contributed by atoms with E-state index in [9.17, 15) is 0 Å². The molecule has 3 nitrogen and oxygen atoms in total. The van der Waals surface area contributed by atoms with Gasteiger partial charge in [-0.3, -0.25) is 0 Å². The molecule has 1 rings (SSSR count). The maximum Gasteiger partial charge on any atom is 0.194 e. The smallest absolute Gasteiger partial charge is 0.194 e. The molecule has 1 heterocycles. The molecule has 0 bridgehead atoms. The van der Waals surface area contributed by atoms with Gasteiger partial charge in [-0.05, 0) is 12.8 Å². The lowest BCUT2D eigenvalue weighted by Crippen LogP contribution is -1.90. The molecule has 0 aliphatic rings. The van der Waals surface area contributed by atoms with Crippen LogP contribution < -0.4 is 0 Å². The van der Waals surface area contributed by atoms with Crippen molar-refractivity contribution in [2.24, 2.45) is 0 Å². The summed E-state index contributed by atoms with van der Waals surface area (Å²) in [5, 5.41) is 0. The van der Waals surface area contributed by atoms with Crippen LogP contribution in [0.25, 0.3) is 0 Å². The fourth-order valence-corrected chi connectivity index (χ4v) is 1.32. The molecule has 1 aromatic rings. The highest BCUT2D eigenvalue weighted by Crippen LogP contribution is 2.08.